The molecule has 1 N–H and O–H groups in total. The minimum absolute atomic E-state index is 0.0139. The Hall–Kier alpha value is -1.07. The first-order chi connectivity index (χ1) is 6.59. The lowest BCUT2D eigenvalue weighted by Gasteiger charge is -2.04. The topological polar surface area (TPSA) is 72.3 Å². The van der Waals surface area contributed by atoms with E-state index in [0.29, 0.717) is 0 Å². The standard InChI is InChI=1S/C7H6Cl2N2O3/c8-6-4(3-10-7(9)11-6)14-2-1-5(12)13/h3H,1-2H2,(H,12,13). The lowest BCUT2D eigenvalue weighted by Crippen LogP contribution is -2.05. The van der Waals surface area contributed by atoms with E-state index in [2.05, 4.69) is 9.97 Å². The highest BCUT2D eigenvalue weighted by atomic mass is 35.5. The van der Waals surface area contributed by atoms with Crippen LogP contribution in [0.2, 0.25) is 10.4 Å². The third kappa shape index (κ3) is 3.35. The number of carboxylic acid groups (broad SMARTS) is 1. The molecule has 0 aromatic carbocycles. The smallest absolute Gasteiger partial charge is 0.306 e. The van der Waals surface area contributed by atoms with E-state index in [1.54, 1.807) is 0 Å². The number of hydrogen-bond donors (Lipinski definition) is 1. The van der Waals surface area contributed by atoms with Crippen LogP contribution in [0.25, 0.3) is 0 Å². The first-order valence-corrected chi connectivity index (χ1v) is 4.38. The van der Waals surface area contributed by atoms with Crippen molar-refractivity contribution in [2.24, 2.45) is 0 Å². The summed E-state index contributed by atoms with van der Waals surface area (Å²) >= 11 is 11.1. The van der Waals surface area contributed by atoms with Gasteiger partial charge in [-0.15, -0.1) is 0 Å². The van der Waals surface area contributed by atoms with E-state index < -0.39 is 5.97 Å². The average Bonchev–Trinajstić information content (AvgIpc) is 2.08. The molecule has 76 valence electrons. The molecule has 0 aliphatic heterocycles. The third-order valence-electron chi connectivity index (χ3n) is 1.26. The number of rotatable bonds is 4. The predicted octanol–water partition coefficient (Wildman–Crippen LogP) is 1.64. The summed E-state index contributed by atoms with van der Waals surface area (Å²) in [5.41, 5.74) is 0. The molecule has 0 amide bonds. The Morgan fingerprint density at radius 3 is 2.86 bits per heavy atom. The highest BCUT2D eigenvalue weighted by Gasteiger charge is 2.05. The van der Waals surface area contributed by atoms with Crippen LogP contribution in [0.4, 0.5) is 0 Å². The van der Waals surface area contributed by atoms with Crippen molar-refractivity contribution in [2.45, 2.75) is 6.42 Å². The van der Waals surface area contributed by atoms with E-state index >= 15 is 0 Å². The Morgan fingerprint density at radius 1 is 1.57 bits per heavy atom. The van der Waals surface area contributed by atoms with Crippen LogP contribution in [0.3, 0.4) is 0 Å². The van der Waals surface area contributed by atoms with Crippen molar-refractivity contribution in [1.29, 1.82) is 0 Å². The molecule has 0 radical (unpaired) electrons. The molecule has 14 heavy (non-hydrogen) atoms. The largest absolute Gasteiger partial charge is 0.488 e. The molecule has 0 spiro atoms. The Morgan fingerprint density at radius 2 is 2.29 bits per heavy atom. The van der Waals surface area contributed by atoms with E-state index in [0.717, 1.165) is 0 Å². The van der Waals surface area contributed by atoms with Crippen molar-refractivity contribution < 1.29 is 14.6 Å². The zero-order chi connectivity index (χ0) is 10.6. The molecule has 0 aliphatic rings. The van der Waals surface area contributed by atoms with Gasteiger partial charge in [-0.3, -0.25) is 4.79 Å². The summed E-state index contributed by atoms with van der Waals surface area (Å²) in [6.45, 7) is 0.0139. The Kier molecular flexibility index (Phi) is 3.91. The monoisotopic (exact) mass is 236 g/mol. The van der Waals surface area contributed by atoms with E-state index in [9.17, 15) is 4.79 Å². The van der Waals surface area contributed by atoms with Crippen LogP contribution in [0, 0.1) is 0 Å². The van der Waals surface area contributed by atoms with Crippen LogP contribution in [0.1, 0.15) is 6.42 Å². The maximum Gasteiger partial charge on any atom is 0.306 e. The van der Waals surface area contributed by atoms with Crippen LogP contribution in [-0.2, 0) is 4.79 Å². The molecule has 1 aromatic heterocycles. The highest BCUT2D eigenvalue weighted by molar-refractivity contribution is 6.32. The molecule has 0 aliphatic carbocycles. The van der Waals surface area contributed by atoms with Crippen molar-refractivity contribution in [1.82, 2.24) is 9.97 Å². The van der Waals surface area contributed by atoms with E-state index in [1.807, 2.05) is 0 Å². The molecule has 1 rings (SSSR count). The van der Waals surface area contributed by atoms with Gasteiger partial charge in [-0.2, -0.15) is 0 Å². The number of halogens is 2. The maximum atomic E-state index is 10.2. The van der Waals surface area contributed by atoms with Gasteiger partial charge < -0.3 is 9.84 Å². The van der Waals surface area contributed by atoms with Gasteiger partial charge in [-0.25, -0.2) is 9.97 Å². The van der Waals surface area contributed by atoms with Gasteiger partial charge in [0.05, 0.1) is 19.2 Å². The van der Waals surface area contributed by atoms with Crippen molar-refractivity contribution >= 4 is 29.2 Å². The lowest BCUT2D eigenvalue weighted by molar-refractivity contribution is -0.137. The van der Waals surface area contributed by atoms with Gasteiger partial charge in [0, 0.05) is 0 Å². The van der Waals surface area contributed by atoms with Crippen LogP contribution in [0.15, 0.2) is 6.20 Å². The average molecular weight is 237 g/mol. The van der Waals surface area contributed by atoms with Crippen molar-refractivity contribution in [3.05, 3.63) is 16.6 Å². The lowest BCUT2D eigenvalue weighted by atomic mass is 10.5. The number of ether oxygens (including phenoxy) is 1. The summed E-state index contributed by atoms with van der Waals surface area (Å²) in [6.07, 6.45) is 1.18. The van der Waals surface area contributed by atoms with Crippen molar-refractivity contribution in [3.8, 4) is 5.75 Å². The minimum Gasteiger partial charge on any atom is -0.488 e. The highest BCUT2D eigenvalue weighted by Crippen LogP contribution is 2.21. The number of carboxylic acids is 1. The molecule has 0 saturated heterocycles. The molecule has 1 aromatic rings. The van der Waals surface area contributed by atoms with E-state index in [1.165, 1.54) is 6.20 Å². The van der Waals surface area contributed by atoms with Crippen molar-refractivity contribution in [3.63, 3.8) is 0 Å². The SMILES string of the molecule is O=C(O)CCOc1cnc(Cl)nc1Cl. The normalized spacial score (nSPS) is 9.86. The third-order valence-corrected chi connectivity index (χ3v) is 1.71. The summed E-state index contributed by atoms with van der Waals surface area (Å²) in [5.74, 6) is -0.728. The first kappa shape index (κ1) is 11.0. The van der Waals surface area contributed by atoms with Gasteiger partial charge in [0.1, 0.15) is 0 Å². The van der Waals surface area contributed by atoms with Gasteiger partial charge >= 0.3 is 5.97 Å². The second-order valence-electron chi connectivity index (χ2n) is 2.29. The van der Waals surface area contributed by atoms with Gasteiger partial charge in [0.2, 0.25) is 5.28 Å². The first-order valence-electron chi connectivity index (χ1n) is 3.62. The van der Waals surface area contributed by atoms with E-state index in [-0.39, 0.29) is 29.2 Å². The fraction of sp³-hybridized carbons (Fsp3) is 0.286. The molecule has 7 heteroatoms. The maximum absolute atomic E-state index is 10.2. The summed E-state index contributed by atoms with van der Waals surface area (Å²) < 4.78 is 5.01. The summed E-state index contributed by atoms with van der Waals surface area (Å²) in [5, 5.41) is 8.42. The summed E-state index contributed by atoms with van der Waals surface area (Å²) in [4.78, 5) is 17.4. The van der Waals surface area contributed by atoms with Crippen LogP contribution in [-0.4, -0.2) is 27.7 Å². The Labute approximate surface area is 89.6 Å². The number of nitrogens with zero attached hydrogens (tertiary/aromatic N) is 2. The summed E-state index contributed by atoms with van der Waals surface area (Å²) in [7, 11) is 0. The fourth-order valence-electron chi connectivity index (χ4n) is 0.675. The number of aromatic nitrogens is 2. The molecular formula is C7H6Cl2N2O3. The van der Waals surface area contributed by atoms with Gasteiger partial charge in [0.25, 0.3) is 0 Å². The molecule has 5 nitrogen and oxygen atoms in total. The Bertz CT molecular complexity index is 346. The van der Waals surface area contributed by atoms with Crippen LogP contribution in [0.5, 0.6) is 5.75 Å². The zero-order valence-corrected chi connectivity index (χ0v) is 8.42. The molecule has 0 unspecified atom stereocenters. The van der Waals surface area contributed by atoms with Gasteiger partial charge in [-0.1, -0.05) is 11.6 Å². The predicted molar refractivity (Wildman–Crippen MR) is 49.8 cm³/mol. The van der Waals surface area contributed by atoms with Gasteiger partial charge in [0.15, 0.2) is 10.9 Å². The molecule has 0 bridgehead atoms. The number of hydrogen-bond acceptors (Lipinski definition) is 4. The number of carbonyl (C=O) groups is 1. The minimum atomic E-state index is -0.948. The molecule has 1 heterocycles. The Balaban J connectivity index is 2.55. The second-order valence-corrected chi connectivity index (χ2v) is 2.98. The van der Waals surface area contributed by atoms with Crippen LogP contribution >= 0.6 is 23.2 Å². The molecular weight excluding hydrogens is 231 g/mol. The van der Waals surface area contributed by atoms with Crippen LogP contribution < -0.4 is 4.74 Å². The molecule has 0 saturated carbocycles. The molecule has 0 fully saturated rings. The number of aliphatic carboxylic acids is 1. The fourth-order valence-corrected chi connectivity index (χ4v) is 1.04. The van der Waals surface area contributed by atoms with E-state index in [4.69, 9.17) is 33.0 Å². The quantitative estimate of drug-likeness (QED) is 0.636. The molecule has 0 atom stereocenters. The van der Waals surface area contributed by atoms with Crippen molar-refractivity contribution in [2.75, 3.05) is 6.61 Å². The zero-order valence-electron chi connectivity index (χ0n) is 6.91. The summed E-state index contributed by atoms with van der Waals surface area (Å²) in [6, 6.07) is 0. The second kappa shape index (κ2) is 4.97. The van der Waals surface area contributed by atoms with Gasteiger partial charge in [-0.05, 0) is 11.6 Å².